The van der Waals surface area contributed by atoms with Gasteiger partial charge in [-0.25, -0.2) is 4.98 Å². The summed E-state index contributed by atoms with van der Waals surface area (Å²) in [5, 5.41) is 1.08. The minimum absolute atomic E-state index is 0.654. The topological polar surface area (TPSA) is 22.1 Å². The summed E-state index contributed by atoms with van der Waals surface area (Å²) in [5.74, 6) is 1.61. The third-order valence-electron chi connectivity index (χ3n) is 4.17. The Kier molecular flexibility index (Phi) is 6.31. The number of rotatable bonds is 8. The number of thiazole rings is 1. The molecule has 3 rings (SSSR count). The van der Waals surface area contributed by atoms with Crippen molar-refractivity contribution in [2.45, 2.75) is 39.5 Å². The van der Waals surface area contributed by atoms with E-state index in [1.807, 2.05) is 6.07 Å². The summed E-state index contributed by atoms with van der Waals surface area (Å²) in [4.78, 5) is 5.95. The maximum Gasteiger partial charge on any atom is 0.134 e. The first kappa shape index (κ1) is 17.9. The van der Waals surface area contributed by atoms with E-state index in [0.29, 0.717) is 5.92 Å². The van der Waals surface area contributed by atoms with Crippen LogP contribution in [0.4, 0.5) is 0 Å². The molecule has 24 heavy (non-hydrogen) atoms. The van der Waals surface area contributed by atoms with Crippen LogP contribution in [0.15, 0.2) is 34.1 Å². The van der Waals surface area contributed by atoms with Gasteiger partial charge in [0.15, 0.2) is 0 Å². The second-order valence-electron chi connectivity index (χ2n) is 5.98. The molecule has 0 N–H and O–H groups in total. The number of thiophene rings is 1. The smallest absolute Gasteiger partial charge is 0.134 e. The molecule has 1 aromatic carbocycles. The van der Waals surface area contributed by atoms with E-state index in [2.05, 4.69) is 54.0 Å². The number of benzene rings is 1. The molecule has 0 saturated carbocycles. The first-order valence-corrected chi connectivity index (χ1v) is 10.9. The van der Waals surface area contributed by atoms with Crippen molar-refractivity contribution in [2.24, 2.45) is 5.92 Å². The van der Waals surface area contributed by atoms with Gasteiger partial charge in [-0.05, 0) is 58.6 Å². The highest BCUT2D eigenvalue weighted by atomic mass is 79.9. The molecule has 2 aromatic heterocycles. The summed E-state index contributed by atoms with van der Waals surface area (Å²) in [6.45, 7) is 5.31. The molecule has 0 fully saturated rings. The number of ether oxygens (including phenoxy) is 1. The van der Waals surface area contributed by atoms with E-state index in [9.17, 15) is 0 Å². The van der Waals surface area contributed by atoms with Crippen LogP contribution in [-0.2, 0) is 0 Å². The summed E-state index contributed by atoms with van der Waals surface area (Å²) >= 11 is 6.97. The summed E-state index contributed by atoms with van der Waals surface area (Å²) in [7, 11) is 0. The predicted molar refractivity (Wildman–Crippen MR) is 109 cm³/mol. The van der Waals surface area contributed by atoms with Crippen LogP contribution in [0.1, 0.15) is 39.5 Å². The van der Waals surface area contributed by atoms with Gasteiger partial charge in [-0.2, -0.15) is 0 Å². The maximum atomic E-state index is 6.06. The van der Waals surface area contributed by atoms with Gasteiger partial charge >= 0.3 is 0 Å². The normalized spacial score (nSPS) is 12.6. The van der Waals surface area contributed by atoms with Crippen LogP contribution in [0.2, 0.25) is 0 Å². The standard InChI is InChI=1S/C19H22BrNOS2/c1-3-5-6-13(4-2)12-22-14-7-8-15-17(11-14)24-19(21-15)16-9-10-18(20)23-16/h7-11,13H,3-6,12H2,1-2H3. The van der Waals surface area contributed by atoms with Gasteiger partial charge in [0.05, 0.1) is 25.5 Å². The van der Waals surface area contributed by atoms with Crippen LogP contribution in [0.25, 0.3) is 20.1 Å². The third-order valence-corrected chi connectivity index (χ3v) is 6.98. The molecule has 2 heterocycles. The zero-order valence-electron chi connectivity index (χ0n) is 14.0. The van der Waals surface area contributed by atoms with E-state index in [0.717, 1.165) is 26.7 Å². The van der Waals surface area contributed by atoms with E-state index in [-0.39, 0.29) is 0 Å². The van der Waals surface area contributed by atoms with Crippen molar-refractivity contribution in [1.82, 2.24) is 4.98 Å². The lowest BCUT2D eigenvalue weighted by Crippen LogP contribution is -2.11. The second kappa shape index (κ2) is 8.45. The van der Waals surface area contributed by atoms with Crippen LogP contribution in [0.3, 0.4) is 0 Å². The molecule has 0 aliphatic rings. The van der Waals surface area contributed by atoms with Crippen molar-refractivity contribution >= 4 is 48.8 Å². The van der Waals surface area contributed by atoms with Crippen molar-refractivity contribution in [2.75, 3.05) is 6.61 Å². The number of aromatic nitrogens is 1. The highest BCUT2D eigenvalue weighted by molar-refractivity contribution is 9.11. The molecule has 0 aliphatic heterocycles. The zero-order chi connectivity index (χ0) is 16.9. The molecule has 0 radical (unpaired) electrons. The Hall–Kier alpha value is -0.910. The molecule has 0 aliphatic carbocycles. The Balaban J connectivity index is 1.71. The highest BCUT2D eigenvalue weighted by Gasteiger charge is 2.11. The number of hydrogen-bond acceptors (Lipinski definition) is 4. The Bertz CT molecular complexity index is 796. The van der Waals surface area contributed by atoms with E-state index >= 15 is 0 Å². The van der Waals surface area contributed by atoms with Crippen molar-refractivity contribution in [3.63, 3.8) is 0 Å². The number of fused-ring (bicyclic) bond motifs is 1. The van der Waals surface area contributed by atoms with Crippen LogP contribution >= 0.6 is 38.6 Å². The summed E-state index contributed by atoms with van der Waals surface area (Å²) in [5.41, 5.74) is 1.05. The first-order valence-electron chi connectivity index (χ1n) is 8.48. The van der Waals surface area contributed by atoms with Gasteiger partial charge in [-0.1, -0.05) is 33.1 Å². The summed E-state index contributed by atoms with van der Waals surface area (Å²) in [6.07, 6.45) is 4.98. The molecule has 128 valence electrons. The van der Waals surface area contributed by atoms with Gasteiger partial charge in [0.25, 0.3) is 0 Å². The van der Waals surface area contributed by atoms with E-state index < -0.39 is 0 Å². The minimum Gasteiger partial charge on any atom is -0.493 e. The van der Waals surface area contributed by atoms with E-state index in [1.165, 1.54) is 35.3 Å². The van der Waals surface area contributed by atoms with Gasteiger partial charge in [-0.3, -0.25) is 0 Å². The zero-order valence-corrected chi connectivity index (χ0v) is 17.3. The van der Waals surface area contributed by atoms with Crippen LogP contribution in [0.5, 0.6) is 5.75 Å². The summed E-state index contributed by atoms with van der Waals surface area (Å²) in [6, 6.07) is 10.4. The average Bonchev–Trinajstić information content (AvgIpc) is 3.20. The lowest BCUT2D eigenvalue weighted by atomic mass is 10.0. The van der Waals surface area contributed by atoms with E-state index in [1.54, 1.807) is 22.7 Å². The first-order chi connectivity index (χ1) is 11.7. The van der Waals surface area contributed by atoms with Gasteiger partial charge in [0, 0.05) is 0 Å². The lowest BCUT2D eigenvalue weighted by molar-refractivity contribution is 0.233. The monoisotopic (exact) mass is 423 g/mol. The van der Waals surface area contributed by atoms with Crippen molar-refractivity contribution in [1.29, 1.82) is 0 Å². The van der Waals surface area contributed by atoms with Crippen molar-refractivity contribution < 1.29 is 4.74 Å². The largest absolute Gasteiger partial charge is 0.493 e. The molecule has 0 bridgehead atoms. The molecule has 0 amide bonds. The van der Waals surface area contributed by atoms with Gasteiger partial charge in [0.2, 0.25) is 0 Å². The number of unbranched alkanes of at least 4 members (excludes halogenated alkanes) is 1. The molecule has 1 atom stereocenters. The van der Waals surface area contributed by atoms with Crippen molar-refractivity contribution in [3.05, 3.63) is 34.1 Å². The summed E-state index contributed by atoms with van der Waals surface area (Å²) < 4.78 is 8.38. The van der Waals surface area contributed by atoms with Gasteiger partial charge in [0.1, 0.15) is 10.8 Å². The van der Waals surface area contributed by atoms with E-state index in [4.69, 9.17) is 9.72 Å². The highest BCUT2D eigenvalue weighted by Crippen LogP contribution is 2.37. The average molecular weight is 424 g/mol. The number of nitrogens with zero attached hydrogens (tertiary/aromatic N) is 1. The molecule has 5 heteroatoms. The second-order valence-corrected chi connectivity index (χ2v) is 9.47. The molecule has 1 unspecified atom stereocenters. The van der Waals surface area contributed by atoms with Crippen molar-refractivity contribution in [3.8, 4) is 15.6 Å². The van der Waals surface area contributed by atoms with Crippen LogP contribution < -0.4 is 4.74 Å². The fraction of sp³-hybridized carbons (Fsp3) is 0.421. The number of halogens is 1. The number of hydrogen-bond donors (Lipinski definition) is 0. The lowest BCUT2D eigenvalue weighted by Gasteiger charge is -2.15. The van der Waals surface area contributed by atoms with Crippen LogP contribution in [0, 0.1) is 5.92 Å². The fourth-order valence-electron chi connectivity index (χ4n) is 2.64. The van der Waals surface area contributed by atoms with Crippen LogP contribution in [-0.4, -0.2) is 11.6 Å². The molecule has 3 aromatic rings. The minimum atomic E-state index is 0.654. The Morgan fingerprint density at radius 3 is 2.75 bits per heavy atom. The quantitative estimate of drug-likeness (QED) is 0.376. The van der Waals surface area contributed by atoms with Gasteiger partial charge < -0.3 is 4.74 Å². The fourth-order valence-corrected chi connectivity index (χ4v) is 5.08. The molecule has 2 nitrogen and oxygen atoms in total. The SMILES string of the molecule is CCCCC(CC)COc1ccc2nc(-c3ccc(Br)s3)sc2c1. The van der Waals surface area contributed by atoms with Gasteiger partial charge in [-0.15, -0.1) is 22.7 Å². The Morgan fingerprint density at radius 2 is 2.04 bits per heavy atom. The predicted octanol–water partition coefficient (Wildman–Crippen LogP) is 7.38. The molecule has 0 spiro atoms. The third kappa shape index (κ3) is 4.38. The Morgan fingerprint density at radius 1 is 1.17 bits per heavy atom. The molecular formula is C19H22BrNOS2. The maximum absolute atomic E-state index is 6.06. The molecular weight excluding hydrogens is 402 g/mol. The Labute approximate surface area is 160 Å². The molecule has 0 saturated heterocycles.